The molecule has 0 unspecified atom stereocenters. The predicted octanol–water partition coefficient (Wildman–Crippen LogP) is 3.76. The normalized spacial score (nSPS) is 12.6. The van der Waals surface area contributed by atoms with Crippen molar-refractivity contribution in [1.82, 2.24) is 14.6 Å². The minimum Gasteiger partial charge on any atom is -0.276 e. The zero-order valence-electron chi connectivity index (χ0n) is 8.96. The summed E-state index contributed by atoms with van der Waals surface area (Å²) in [7, 11) is 0. The second-order valence-electron chi connectivity index (χ2n) is 3.45. The maximum atomic E-state index is 12.6. The molecule has 2 aromatic rings. The van der Waals surface area contributed by atoms with Crippen molar-refractivity contribution in [1.29, 1.82) is 0 Å². The standard InChI is InChI=1S/C9H5ClF5N3S/c10-5-1-4(9(13,14)15)2-18-7(5)16-17-8(18)19-3-6(11)12/h1-2,6H,3H2. The number of hydrogen-bond donors (Lipinski definition) is 0. The summed E-state index contributed by atoms with van der Waals surface area (Å²) in [6.45, 7) is 0. The van der Waals surface area contributed by atoms with Crippen LogP contribution in [0.5, 0.6) is 0 Å². The number of pyridine rings is 1. The van der Waals surface area contributed by atoms with Crippen LogP contribution in [0.2, 0.25) is 5.02 Å². The van der Waals surface area contributed by atoms with Crippen LogP contribution in [0.1, 0.15) is 5.56 Å². The number of halogens is 6. The van der Waals surface area contributed by atoms with Crippen LogP contribution in [0.4, 0.5) is 22.0 Å². The fraction of sp³-hybridized carbons (Fsp3) is 0.333. The van der Waals surface area contributed by atoms with Crippen LogP contribution in [0.3, 0.4) is 0 Å². The highest BCUT2D eigenvalue weighted by molar-refractivity contribution is 7.99. The van der Waals surface area contributed by atoms with Crippen molar-refractivity contribution in [3.63, 3.8) is 0 Å². The van der Waals surface area contributed by atoms with Crippen molar-refractivity contribution in [2.75, 3.05) is 5.75 Å². The molecular formula is C9H5ClF5N3S. The van der Waals surface area contributed by atoms with Crippen LogP contribution in [-0.4, -0.2) is 26.8 Å². The van der Waals surface area contributed by atoms with Crippen molar-refractivity contribution >= 4 is 29.0 Å². The summed E-state index contributed by atoms with van der Waals surface area (Å²) in [5.74, 6) is -0.589. The fourth-order valence-electron chi connectivity index (χ4n) is 1.32. The van der Waals surface area contributed by atoms with Crippen LogP contribution >= 0.6 is 23.4 Å². The molecule has 0 aliphatic rings. The lowest BCUT2D eigenvalue weighted by Gasteiger charge is -2.08. The summed E-state index contributed by atoms with van der Waals surface area (Å²) < 4.78 is 63.0. The van der Waals surface area contributed by atoms with E-state index in [0.29, 0.717) is 17.8 Å². The first-order valence-corrected chi connectivity index (χ1v) is 6.18. The zero-order chi connectivity index (χ0) is 14.2. The molecule has 104 valence electrons. The lowest BCUT2D eigenvalue weighted by Crippen LogP contribution is -2.07. The third-order valence-electron chi connectivity index (χ3n) is 2.09. The van der Waals surface area contributed by atoms with E-state index in [4.69, 9.17) is 11.6 Å². The number of rotatable bonds is 3. The fourth-order valence-corrected chi connectivity index (χ4v) is 2.22. The summed E-state index contributed by atoms with van der Waals surface area (Å²) in [5, 5.41) is 6.80. The van der Waals surface area contributed by atoms with Crippen molar-refractivity contribution in [2.45, 2.75) is 17.8 Å². The SMILES string of the molecule is FC(F)CSc1nnc2c(Cl)cc(C(F)(F)F)cn12. The average molecular weight is 318 g/mol. The van der Waals surface area contributed by atoms with Crippen LogP contribution in [0.25, 0.3) is 5.65 Å². The molecule has 2 rings (SSSR count). The first-order chi connectivity index (χ1) is 8.79. The third kappa shape index (κ3) is 3.08. The van der Waals surface area contributed by atoms with Crippen molar-refractivity contribution in [3.8, 4) is 0 Å². The Morgan fingerprint density at radius 2 is 2.00 bits per heavy atom. The molecule has 0 N–H and O–H groups in total. The van der Waals surface area contributed by atoms with Gasteiger partial charge in [-0.3, -0.25) is 4.40 Å². The van der Waals surface area contributed by atoms with E-state index in [2.05, 4.69) is 10.2 Å². The van der Waals surface area contributed by atoms with Gasteiger partial charge in [0.2, 0.25) is 6.43 Å². The number of nitrogens with zero attached hydrogens (tertiary/aromatic N) is 3. The van der Waals surface area contributed by atoms with E-state index in [1.807, 2.05) is 0 Å². The molecule has 0 radical (unpaired) electrons. The van der Waals surface area contributed by atoms with Gasteiger partial charge in [-0.1, -0.05) is 23.4 Å². The minimum absolute atomic E-state index is 0.00793. The van der Waals surface area contributed by atoms with Gasteiger partial charge in [0.05, 0.1) is 16.3 Å². The second kappa shape index (κ2) is 5.12. The molecule has 0 bridgehead atoms. The molecule has 0 aromatic carbocycles. The van der Waals surface area contributed by atoms with E-state index in [9.17, 15) is 22.0 Å². The Kier molecular flexibility index (Phi) is 3.86. The van der Waals surface area contributed by atoms with E-state index in [-0.39, 0.29) is 15.8 Å². The number of fused-ring (bicyclic) bond motifs is 1. The number of hydrogen-bond acceptors (Lipinski definition) is 3. The van der Waals surface area contributed by atoms with Crippen LogP contribution in [0, 0.1) is 0 Å². The molecule has 3 nitrogen and oxygen atoms in total. The molecule has 0 aliphatic heterocycles. The Balaban J connectivity index is 2.48. The highest BCUT2D eigenvalue weighted by atomic mass is 35.5. The van der Waals surface area contributed by atoms with E-state index in [0.717, 1.165) is 10.6 Å². The maximum absolute atomic E-state index is 12.6. The average Bonchev–Trinajstić information content (AvgIpc) is 2.68. The highest BCUT2D eigenvalue weighted by Crippen LogP contribution is 2.33. The van der Waals surface area contributed by atoms with Gasteiger partial charge >= 0.3 is 6.18 Å². The molecule has 19 heavy (non-hydrogen) atoms. The van der Waals surface area contributed by atoms with Crippen molar-refractivity contribution < 1.29 is 22.0 Å². The van der Waals surface area contributed by atoms with E-state index >= 15 is 0 Å². The molecule has 2 aromatic heterocycles. The number of thioether (sulfide) groups is 1. The number of aromatic nitrogens is 3. The summed E-state index contributed by atoms with van der Waals surface area (Å²) in [6.07, 6.45) is -6.46. The zero-order valence-corrected chi connectivity index (χ0v) is 10.5. The first-order valence-electron chi connectivity index (χ1n) is 4.81. The summed E-state index contributed by atoms with van der Waals surface area (Å²) >= 11 is 6.27. The molecule has 0 atom stereocenters. The molecule has 0 amide bonds. The topological polar surface area (TPSA) is 30.2 Å². The van der Waals surface area contributed by atoms with Crippen LogP contribution in [-0.2, 0) is 6.18 Å². The summed E-state index contributed by atoms with van der Waals surface area (Å²) in [5.41, 5.74) is -1.00. The van der Waals surface area contributed by atoms with Crippen molar-refractivity contribution in [3.05, 3.63) is 22.8 Å². The first kappa shape index (κ1) is 14.3. The van der Waals surface area contributed by atoms with Gasteiger partial charge < -0.3 is 0 Å². The molecule has 0 aliphatic carbocycles. The molecule has 0 saturated heterocycles. The molecule has 0 fully saturated rings. The Bertz CT molecular complexity index is 597. The van der Waals surface area contributed by atoms with Gasteiger partial charge in [0, 0.05) is 6.20 Å². The number of alkyl halides is 5. The van der Waals surface area contributed by atoms with E-state index < -0.39 is 23.9 Å². The van der Waals surface area contributed by atoms with E-state index in [1.54, 1.807) is 0 Å². The predicted molar refractivity (Wildman–Crippen MR) is 59.7 cm³/mol. The molecule has 0 saturated carbocycles. The van der Waals surface area contributed by atoms with Gasteiger partial charge in [-0.15, -0.1) is 10.2 Å². The Morgan fingerprint density at radius 3 is 2.58 bits per heavy atom. The Hall–Kier alpha value is -1.09. The van der Waals surface area contributed by atoms with Gasteiger partial charge in [0.25, 0.3) is 0 Å². The van der Waals surface area contributed by atoms with Gasteiger partial charge in [-0.25, -0.2) is 8.78 Å². The molecule has 0 spiro atoms. The van der Waals surface area contributed by atoms with E-state index in [1.165, 1.54) is 0 Å². The maximum Gasteiger partial charge on any atom is 0.417 e. The highest BCUT2D eigenvalue weighted by Gasteiger charge is 2.32. The molecule has 2 heterocycles. The van der Waals surface area contributed by atoms with Crippen molar-refractivity contribution in [2.24, 2.45) is 0 Å². The lowest BCUT2D eigenvalue weighted by molar-refractivity contribution is -0.137. The molecular weight excluding hydrogens is 313 g/mol. The quantitative estimate of drug-likeness (QED) is 0.638. The lowest BCUT2D eigenvalue weighted by atomic mass is 10.3. The van der Waals surface area contributed by atoms with Gasteiger partial charge in [0.1, 0.15) is 0 Å². The Morgan fingerprint density at radius 1 is 1.32 bits per heavy atom. The molecule has 10 heteroatoms. The second-order valence-corrected chi connectivity index (χ2v) is 4.85. The summed E-state index contributed by atoms with van der Waals surface area (Å²) in [4.78, 5) is 0. The Labute approximate surface area is 112 Å². The third-order valence-corrected chi connectivity index (χ3v) is 3.33. The summed E-state index contributed by atoms with van der Waals surface area (Å²) in [6, 6.07) is 0.715. The van der Waals surface area contributed by atoms with Gasteiger partial charge in [-0.05, 0) is 6.07 Å². The van der Waals surface area contributed by atoms with Gasteiger partial charge in [0.15, 0.2) is 10.8 Å². The largest absolute Gasteiger partial charge is 0.417 e. The van der Waals surface area contributed by atoms with Gasteiger partial charge in [-0.2, -0.15) is 13.2 Å². The minimum atomic E-state index is -4.59. The smallest absolute Gasteiger partial charge is 0.276 e. The van der Waals surface area contributed by atoms with Crippen LogP contribution in [0.15, 0.2) is 17.4 Å². The van der Waals surface area contributed by atoms with Crippen LogP contribution < -0.4 is 0 Å². The monoisotopic (exact) mass is 317 g/mol.